The van der Waals surface area contributed by atoms with Gasteiger partial charge in [-0.2, -0.15) is 18.3 Å². The molecule has 36 heavy (non-hydrogen) atoms. The monoisotopic (exact) mass is 524 g/mol. The molecule has 194 valence electrons. The summed E-state index contributed by atoms with van der Waals surface area (Å²) >= 11 is 4.77. The lowest BCUT2D eigenvalue weighted by atomic mass is 10.1. The largest absolute Gasteiger partial charge is 0.419 e. The van der Waals surface area contributed by atoms with Gasteiger partial charge in [-0.3, -0.25) is 5.43 Å². The molecule has 8 nitrogen and oxygen atoms in total. The normalized spacial score (nSPS) is 17.6. The first-order chi connectivity index (χ1) is 17.1. The lowest BCUT2D eigenvalue weighted by molar-refractivity contribution is -0.137. The maximum Gasteiger partial charge on any atom is 0.419 e. The van der Waals surface area contributed by atoms with E-state index in [0.717, 1.165) is 37.9 Å². The molecule has 0 unspecified atom stereocenters. The fourth-order valence-electron chi connectivity index (χ4n) is 4.43. The van der Waals surface area contributed by atoms with E-state index in [-0.39, 0.29) is 24.0 Å². The topological polar surface area (TPSA) is 76.3 Å². The van der Waals surface area contributed by atoms with Gasteiger partial charge in [-0.25, -0.2) is 9.37 Å². The van der Waals surface area contributed by atoms with Crippen LogP contribution in [0.5, 0.6) is 0 Å². The molecule has 0 aliphatic carbocycles. The van der Waals surface area contributed by atoms with Gasteiger partial charge < -0.3 is 25.3 Å². The molecule has 2 aromatic rings. The van der Waals surface area contributed by atoms with Gasteiger partial charge in [0.1, 0.15) is 11.6 Å². The summed E-state index contributed by atoms with van der Waals surface area (Å²) in [7, 11) is 2.05. The van der Waals surface area contributed by atoms with Crippen LogP contribution in [0.3, 0.4) is 0 Å². The number of rotatable bonds is 5. The molecule has 13 heteroatoms. The van der Waals surface area contributed by atoms with Gasteiger partial charge in [-0.05, 0) is 43.5 Å². The number of pyridine rings is 1. The molecule has 1 aromatic carbocycles. The fraction of sp³-hybridized carbons (Fsp3) is 0.435. The Morgan fingerprint density at radius 1 is 1.03 bits per heavy atom. The predicted molar refractivity (Wildman–Crippen MR) is 137 cm³/mol. The first kappa shape index (κ1) is 25.9. The molecule has 3 heterocycles. The fourth-order valence-corrected chi connectivity index (χ4v) is 4.48. The van der Waals surface area contributed by atoms with Crippen LogP contribution >= 0.6 is 12.2 Å². The summed E-state index contributed by atoms with van der Waals surface area (Å²) in [6, 6.07) is 5.52. The van der Waals surface area contributed by atoms with Crippen molar-refractivity contribution >= 4 is 40.7 Å². The molecule has 2 fully saturated rings. The van der Waals surface area contributed by atoms with Gasteiger partial charge in [0.2, 0.25) is 0 Å². The highest BCUT2D eigenvalue weighted by molar-refractivity contribution is 7.80. The first-order valence-electron chi connectivity index (χ1n) is 11.5. The number of hydrogen-bond donors (Lipinski definition) is 2. The Balaban J connectivity index is 1.57. The van der Waals surface area contributed by atoms with E-state index in [2.05, 4.69) is 25.3 Å². The summed E-state index contributed by atoms with van der Waals surface area (Å²) in [4.78, 5) is 11.8. The Bertz CT molecular complexity index is 1110. The van der Waals surface area contributed by atoms with Gasteiger partial charge >= 0.3 is 6.18 Å². The second-order valence-electron chi connectivity index (χ2n) is 8.73. The number of benzene rings is 1. The second kappa shape index (κ2) is 10.8. The molecule has 2 aliphatic heterocycles. The Labute approximate surface area is 212 Å². The van der Waals surface area contributed by atoms with E-state index in [1.54, 1.807) is 11.0 Å². The third kappa shape index (κ3) is 5.95. The summed E-state index contributed by atoms with van der Waals surface area (Å²) in [5, 5.41) is 4.01. The Morgan fingerprint density at radius 2 is 1.64 bits per heavy atom. The van der Waals surface area contributed by atoms with Gasteiger partial charge in [-0.1, -0.05) is 0 Å². The van der Waals surface area contributed by atoms with Crippen LogP contribution in [0.2, 0.25) is 0 Å². The summed E-state index contributed by atoms with van der Waals surface area (Å²) in [6.45, 7) is 4.51. The molecule has 0 bridgehead atoms. The number of aromatic nitrogens is 1. The molecule has 1 aromatic heterocycles. The number of anilines is 3. The van der Waals surface area contributed by atoms with Crippen molar-refractivity contribution in [2.24, 2.45) is 10.8 Å². The van der Waals surface area contributed by atoms with E-state index in [0.29, 0.717) is 24.3 Å². The number of halogens is 4. The highest BCUT2D eigenvalue weighted by Gasteiger charge is 2.36. The number of nitrogens with one attached hydrogen (secondary N) is 1. The molecule has 0 saturated carbocycles. The van der Waals surface area contributed by atoms with E-state index >= 15 is 4.39 Å². The molecule has 2 aliphatic rings. The van der Waals surface area contributed by atoms with Crippen LogP contribution in [-0.4, -0.2) is 80.6 Å². The average Bonchev–Trinajstić information content (AvgIpc) is 2.84. The Hall–Kier alpha value is -3.19. The number of alkyl halides is 3. The number of piperazine rings is 2. The predicted octanol–water partition coefficient (Wildman–Crippen LogP) is 2.49. The van der Waals surface area contributed by atoms with Crippen LogP contribution in [0.1, 0.15) is 11.1 Å². The van der Waals surface area contributed by atoms with E-state index < -0.39 is 17.6 Å². The number of nitrogens with zero attached hydrogens (tertiary/aromatic N) is 6. The number of hydrazone groups is 1. The Morgan fingerprint density at radius 3 is 2.28 bits per heavy atom. The zero-order valence-corrected chi connectivity index (χ0v) is 20.6. The van der Waals surface area contributed by atoms with Gasteiger partial charge in [0.15, 0.2) is 5.11 Å². The summed E-state index contributed by atoms with van der Waals surface area (Å²) in [5.74, 6) is -0.535. The molecule has 0 spiro atoms. The Kier molecular flexibility index (Phi) is 7.79. The zero-order valence-electron chi connectivity index (χ0n) is 19.8. The first-order valence-corrected chi connectivity index (χ1v) is 11.9. The molecular weight excluding hydrogens is 496 g/mol. The van der Waals surface area contributed by atoms with Gasteiger partial charge in [0, 0.05) is 69.8 Å². The number of hydrogen-bond acceptors (Lipinski definition) is 7. The number of likely N-dealkylation sites (N-methyl/N-ethyl adjacent to an activating group) is 1. The third-order valence-corrected chi connectivity index (χ3v) is 6.42. The third-order valence-electron chi connectivity index (χ3n) is 6.33. The van der Waals surface area contributed by atoms with Crippen LogP contribution in [-0.2, 0) is 6.18 Å². The number of nitrogens with two attached hydrogens (primary N) is 1. The van der Waals surface area contributed by atoms with E-state index in [4.69, 9.17) is 18.0 Å². The van der Waals surface area contributed by atoms with Crippen molar-refractivity contribution in [2.45, 2.75) is 6.18 Å². The van der Waals surface area contributed by atoms with E-state index in [9.17, 15) is 13.2 Å². The van der Waals surface area contributed by atoms with Crippen molar-refractivity contribution in [3.05, 3.63) is 47.4 Å². The standard InChI is InChI=1S/C23H28F4N8S/c1-32-5-7-33(8-6-32)19-14-20(18(24)13-16(19)15-30-31-22(28)36)34-9-11-35(12-10-34)21-17(23(25,26)27)3-2-4-29-21/h2-4,13-15H,5-12H2,1H3,(H3,28,31,36). The highest BCUT2D eigenvalue weighted by atomic mass is 32.1. The maximum absolute atomic E-state index is 15.3. The van der Waals surface area contributed by atoms with Crippen molar-refractivity contribution in [1.29, 1.82) is 0 Å². The van der Waals surface area contributed by atoms with Gasteiger partial charge in [-0.15, -0.1) is 0 Å². The summed E-state index contributed by atoms with van der Waals surface area (Å²) in [6.07, 6.45) is -1.66. The molecular formula is C23H28F4N8S. The maximum atomic E-state index is 15.3. The van der Waals surface area contributed by atoms with Crippen molar-refractivity contribution in [2.75, 3.05) is 74.1 Å². The van der Waals surface area contributed by atoms with Crippen LogP contribution in [0.25, 0.3) is 0 Å². The quantitative estimate of drug-likeness (QED) is 0.268. The van der Waals surface area contributed by atoms with Crippen LogP contribution < -0.4 is 25.9 Å². The zero-order chi connectivity index (χ0) is 25.9. The van der Waals surface area contributed by atoms with E-state index in [1.807, 2.05) is 11.9 Å². The van der Waals surface area contributed by atoms with Crippen molar-refractivity contribution in [3.8, 4) is 0 Å². The molecule has 3 N–H and O–H groups in total. The van der Waals surface area contributed by atoms with Crippen LogP contribution in [0, 0.1) is 5.82 Å². The minimum Gasteiger partial charge on any atom is -0.375 e. The van der Waals surface area contributed by atoms with Gasteiger partial charge in [0.25, 0.3) is 0 Å². The molecule has 0 atom stereocenters. The van der Waals surface area contributed by atoms with Crippen LogP contribution in [0.4, 0.5) is 34.8 Å². The SMILES string of the molecule is CN1CCN(c2cc(N3CCN(c4ncccc4C(F)(F)F)CC3)c(F)cc2C=NNC(N)=S)CC1. The van der Waals surface area contributed by atoms with Crippen molar-refractivity contribution in [1.82, 2.24) is 15.3 Å². The van der Waals surface area contributed by atoms with Crippen LogP contribution in [0.15, 0.2) is 35.6 Å². The minimum atomic E-state index is -4.50. The van der Waals surface area contributed by atoms with Crippen molar-refractivity contribution < 1.29 is 17.6 Å². The van der Waals surface area contributed by atoms with Crippen molar-refractivity contribution in [3.63, 3.8) is 0 Å². The lowest BCUT2D eigenvalue weighted by Crippen LogP contribution is -2.48. The molecule has 0 amide bonds. The lowest BCUT2D eigenvalue weighted by Gasteiger charge is -2.39. The summed E-state index contributed by atoms with van der Waals surface area (Å²) < 4.78 is 55.6. The highest BCUT2D eigenvalue weighted by Crippen LogP contribution is 2.36. The van der Waals surface area contributed by atoms with E-state index in [1.165, 1.54) is 24.5 Å². The molecule has 4 rings (SSSR count). The van der Waals surface area contributed by atoms with Gasteiger partial charge in [0.05, 0.1) is 17.5 Å². The summed E-state index contributed by atoms with van der Waals surface area (Å²) in [5.41, 5.74) is 8.95. The minimum absolute atomic E-state index is 0.00365. The second-order valence-corrected chi connectivity index (χ2v) is 9.17. The number of thiocarbonyl (C=S) groups is 1. The molecule has 2 saturated heterocycles. The smallest absolute Gasteiger partial charge is 0.375 e. The molecule has 0 radical (unpaired) electrons. The average molecular weight is 525 g/mol.